The second kappa shape index (κ2) is 9.89. The molecule has 0 atom stereocenters. The van der Waals surface area contributed by atoms with Crippen LogP contribution in [0.25, 0.3) is 10.6 Å². The van der Waals surface area contributed by atoms with Crippen LogP contribution >= 0.6 is 11.3 Å². The molecule has 8 heteroatoms. The Balaban J connectivity index is 1.35. The third kappa shape index (κ3) is 5.14. The summed E-state index contributed by atoms with van der Waals surface area (Å²) in [6.45, 7) is 9.74. The molecule has 7 nitrogen and oxygen atoms in total. The molecule has 2 aliphatic heterocycles. The summed E-state index contributed by atoms with van der Waals surface area (Å²) in [6, 6.07) is 8.37. The predicted octanol–water partition coefficient (Wildman–Crippen LogP) is 2.30. The summed E-state index contributed by atoms with van der Waals surface area (Å²) >= 11 is 1.46. The summed E-state index contributed by atoms with van der Waals surface area (Å²) in [5.41, 5.74) is 3.10. The van der Waals surface area contributed by atoms with Gasteiger partial charge < -0.3 is 14.5 Å². The van der Waals surface area contributed by atoms with Crippen molar-refractivity contribution >= 4 is 23.2 Å². The monoisotopic (exact) mass is 442 g/mol. The van der Waals surface area contributed by atoms with Crippen LogP contribution in [0.5, 0.6) is 0 Å². The zero-order valence-electron chi connectivity index (χ0n) is 18.3. The van der Waals surface area contributed by atoms with E-state index in [-0.39, 0.29) is 11.8 Å². The van der Waals surface area contributed by atoms with E-state index in [1.165, 1.54) is 16.9 Å². The molecule has 0 N–H and O–H groups in total. The molecule has 31 heavy (non-hydrogen) atoms. The highest BCUT2D eigenvalue weighted by Gasteiger charge is 2.28. The van der Waals surface area contributed by atoms with Gasteiger partial charge in [0.2, 0.25) is 5.91 Å². The standard InChI is InChI=1S/C23H30N4O3S/c1-3-18-4-6-19(7-5-18)22-24-17(2)21(31-22)23(29)27-10-8-26(9-11-27)20(28)16-25-12-14-30-15-13-25/h4-7H,3,8-16H2,1-2H3. The van der Waals surface area contributed by atoms with E-state index in [0.717, 1.165) is 35.8 Å². The van der Waals surface area contributed by atoms with Crippen LogP contribution in [0.2, 0.25) is 0 Å². The molecule has 0 bridgehead atoms. The summed E-state index contributed by atoms with van der Waals surface area (Å²) in [7, 11) is 0. The van der Waals surface area contributed by atoms with Crippen LogP contribution in [0.3, 0.4) is 0 Å². The van der Waals surface area contributed by atoms with Crippen LogP contribution in [-0.4, -0.2) is 90.5 Å². The molecule has 2 fully saturated rings. The van der Waals surface area contributed by atoms with Gasteiger partial charge in [-0.25, -0.2) is 4.98 Å². The van der Waals surface area contributed by atoms with Crippen molar-refractivity contribution < 1.29 is 14.3 Å². The molecule has 0 radical (unpaired) electrons. The maximum Gasteiger partial charge on any atom is 0.265 e. The third-order valence-corrected chi connectivity index (χ3v) is 7.18. The molecule has 0 spiro atoms. The minimum Gasteiger partial charge on any atom is -0.379 e. The van der Waals surface area contributed by atoms with Crippen molar-refractivity contribution in [3.05, 3.63) is 40.4 Å². The number of rotatable bonds is 5. The van der Waals surface area contributed by atoms with Crippen molar-refractivity contribution in [1.82, 2.24) is 19.7 Å². The number of morpholine rings is 1. The smallest absolute Gasteiger partial charge is 0.265 e. The van der Waals surface area contributed by atoms with E-state index in [1.54, 1.807) is 0 Å². The highest BCUT2D eigenvalue weighted by molar-refractivity contribution is 7.17. The molecule has 166 valence electrons. The lowest BCUT2D eigenvalue weighted by Gasteiger charge is -2.36. The van der Waals surface area contributed by atoms with Crippen molar-refractivity contribution in [2.24, 2.45) is 0 Å². The molecule has 1 aromatic heterocycles. The third-order valence-electron chi connectivity index (χ3n) is 5.98. The fourth-order valence-corrected chi connectivity index (χ4v) is 4.99. The van der Waals surface area contributed by atoms with Gasteiger partial charge in [0.1, 0.15) is 9.88 Å². The zero-order valence-corrected chi connectivity index (χ0v) is 19.1. The van der Waals surface area contributed by atoms with E-state index in [2.05, 4.69) is 41.1 Å². The first-order chi connectivity index (χ1) is 15.0. The maximum absolute atomic E-state index is 13.1. The summed E-state index contributed by atoms with van der Waals surface area (Å²) < 4.78 is 5.34. The Morgan fingerprint density at radius 2 is 1.65 bits per heavy atom. The predicted molar refractivity (Wildman–Crippen MR) is 121 cm³/mol. The first kappa shape index (κ1) is 21.9. The summed E-state index contributed by atoms with van der Waals surface area (Å²) in [5, 5.41) is 0.878. The zero-order chi connectivity index (χ0) is 21.8. The Kier molecular flexibility index (Phi) is 6.99. The number of amides is 2. The minimum absolute atomic E-state index is 0.0201. The van der Waals surface area contributed by atoms with Gasteiger partial charge in [-0.2, -0.15) is 0 Å². The Hall–Kier alpha value is -2.29. The number of carbonyl (C=O) groups is 2. The lowest BCUT2D eigenvalue weighted by atomic mass is 10.1. The fourth-order valence-electron chi connectivity index (χ4n) is 3.95. The molecule has 2 saturated heterocycles. The van der Waals surface area contributed by atoms with Crippen molar-refractivity contribution in [3.8, 4) is 10.6 Å². The summed E-state index contributed by atoms with van der Waals surface area (Å²) in [6.07, 6.45) is 1.00. The van der Waals surface area contributed by atoms with Gasteiger partial charge in [0.05, 0.1) is 25.5 Å². The fraction of sp³-hybridized carbons (Fsp3) is 0.522. The van der Waals surface area contributed by atoms with E-state index < -0.39 is 0 Å². The number of aromatic nitrogens is 1. The van der Waals surface area contributed by atoms with Gasteiger partial charge in [0.25, 0.3) is 5.91 Å². The largest absolute Gasteiger partial charge is 0.379 e. The number of thiazole rings is 1. The van der Waals surface area contributed by atoms with Gasteiger partial charge in [0.15, 0.2) is 0 Å². The topological polar surface area (TPSA) is 66.0 Å². The molecule has 0 saturated carbocycles. The van der Waals surface area contributed by atoms with Gasteiger partial charge in [-0.15, -0.1) is 11.3 Å². The molecule has 2 aromatic rings. The van der Waals surface area contributed by atoms with Gasteiger partial charge in [-0.1, -0.05) is 31.2 Å². The van der Waals surface area contributed by atoms with Crippen molar-refractivity contribution in [2.45, 2.75) is 20.3 Å². The van der Waals surface area contributed by atoms with Crippen LogP contribution in [0.4, 0.5) is 0 Å². The van der Waals surface area contributed by atoms with Crippen LogP contribution in [-0.2, 0) is 16.0 Å². The highest BCUT2D eigenvalue weighted by Crippen LogP contribution is 2.29. The second-order valence-corrected chi connectivity index (χ2v) is 9.04. The van der Waals surface area contributed by atoms with E-state index in [1.807, 2.05) is 16.7 Å². The average molecular weight is 443 g/mol. The number of hydrogen-bond acceptors (Lipinski definition) is 6. The Bertz CT molecular complexity index is 913. The normalized spacial score (nSPS) is 17.7. The number of nitrogens with zero attached hydrogens (tertiary/aromatic N) is 4. The van der Waals surface area contributed by atoms with Gasteiger partial charge in [0, 0.05) is 44.8 Å². The highest BCUT2D eigenvalue weighted by atomic mass is 32.1. The molecule has 0 aliphatic carbocycles. The SMILES string of the molecule is CCc1ccc(-c2nc(C)c(C(=O)N3CCN(C(=O)CN4CCOCC4)CC3)s2)cc1. The quantitative estimate of drug-likeness (QED) is 0.711. The molecule has 2 amide bonds. The average Bonchev–Trinajstić information content (AvgIpc) is 3.21. The number of aryl methyl sites for hydroxylation is 2. The number of carbonyl (C=O) groups excluding carboxylic acids is 2. The number of benzene rings is 1. The van der Waals surface area contributed by atoms with Crippen molar-refractivity contribution in [1.29, 1.82) is 0 Å². The number of ether oxygens (including phenoxy) is 1. The van der Waals surface area contributed by atoms with Crippen LogP contribution in [0.1, 0.15) is 27.9 Å². The summed E-state index contributed by atoms with van der Waals surface area (Å²) in [4.78, 5) is 36.9. The Morgan fingerprint density at radius 1 is 1.00 bits per heavy atom. The Morgan fingerprint density at radius 3 is 2.29 bits per heavy atom. The Labute approximate surface area is 187 Å². The van der Waals surface area contributed by atoms with Crippen LogP contribution < -0.4 is 0 Å². The van der Waals surface area contributed by atoms with Crippen molar-refractivity contribution in [2.75, 3.05) is 59.0 Å². The molecular weight excluding hydrogens is 412 g/mol. The van der Waals surface area contributed by atoms with E-state index in [4.69, 9.17) is 4.74 Å². The second-order valence-electron chi connectivity index (χ2n) is 8.05. The molecule has 2 aliphatic rings. The lowest BCUT2D eigenvalue weighted by molar-refractivity contribution is -0.134. The van der Waals surface area contributed by atoms with Gasteiger partial charge in [-0.3, -0.25) is 14.5 Å². The molecule has 3 heterocycles. The van der Waals surface area contributed by atoms with Crippen molar-refractivity contribution in [3.63, 3.8) is 0 Å². The molecule has 4 rings (SSSR count). The van der Waals surface area contributed by atoms with Gasteiger partial charge in [-0.05, 0) is 18.9 Å². The molecule has 1 aromatic carbocycles. The van der Waals surface area contributed by atoms with E-state index >= 15 is 0 Å². The number of hydrogen-bond donors (Lipinski definition) is 0. The van der Waals surface area contributed by atoms with E-state index in [0.29, 0.717) is 50.8 Å². The van der Waals surface area contributed by atoms with Crippen LogP contribution in [0, 0.1) is 6.92 Å². The summed E-state index contributed by atoms with van der Waals surface area (Å²) in [5.74, 6) is 0.160. The first-order valence-corrected chi connectivity index (χ1v) is 11.8. The minimum atomic E-state index is 0.0201. The van der Waals surface area contributed by atoms with Crippen LogP contribution in [0.15, 0.2) is 24.3 Å². The first-order valence-electron chi connectivity index (χ1n) is 11.0. The number of piperazine rings is 1. The maximum atomic E-state index is 13.1. The van der Waals surface area contributed by atoms with Gasteiger partial charge >= 0.3 is 0 Å². The molecule has 0 unspecified atom stereocenters. The van der Waals surface area contributed by atoms with E-state index in [9.17, 15) is 9.59 Å². The molecular formula is C23H30N4O3S. The lowest BCUT2D eigenvalue weighted by Crippen LogP contribution is -2.53.